The molecule has 0 radical (unpaired) electrons. The summed E-state index contributed by atoms with van der Waals surface area (Å²) in [4.78, 5) is 0. The molecule has 1 heteroatoms. The Kier molecular flexibility index (Phi) is 4.10. The first kappa shape index (κ1) is 8.63. The summed E-state index contributed by atoms with van der Waals surface area (Å²) < 4.78 is 0. The van der Waals surface area contributed by atoms with Crippen LogP contribution in [0.15, 0.2) is 11.8 Å². The molecule has 64 valence electrons. The SMILES string of the molecule is CCCCNC1=CCCCC1. The van der Waals surface area contributed by atoms with Crippen molar-refractivity contribution in [1.82, 2.24) is 5.32 Å². The van der Waals surface area contributed by atoms with E-state index in [1.54, 1.807) is 0 Å². The summed E-state index contributed by atoms with van der Waals surface area (Å²) >= 11 is 0. The minimum atomic E-state index is 1.17. The summed E-state index contributed by atoms with van der Waals surface area (Å²) in [6, 6.07) is 0. The number of unbranched alkanes of at least 4 members (excludes halogenated alkanes) is 1. The minimum Gasteiger partial charge on any atom is -0.389 e. The minimum absolute atomic E-state index is 1.17. The molecule has 0 aromatic carbocycles. The van der Waals surface area contributed by atoms with Crippen molar-refractivity contribution in [1.29, 1.82) is 0 Å². The molecule has 0 heterocycles. The van der Waals surface area contributed by atoms with Gasteiger partial charge in [0.15, 0.2) is 0 Å². The van der Waals surface area contributed by atoms with Gasteiger partial charge in [0, 0.05) is 12.2 Å². The molecular formula is C10H19N. The van der Waals surface area contributed by atoms with Crippen LogP contribution in [0.1, 0.15) is 45.4 Å². The van der Waals surface area contributed by atoms with Crippen molar-refractivity contribution in [2.75, 3.05) is 6.54 Å². The van der Waals surface area contributed by atoms with Crippen LogP contribution < -0.4 is 5.32 Å². The van der Waals surface area contributed by atoms with Crippen molar-refractivity contribution in [3.05, 3.63) is 11.8 Å². The second kappa shape index (κ2) is 5.22. The number of rotatable bonds is 4. The van der Waals surface area contributed by atoms with Crippen molar-refractivity contribution in [2.45, 2.75) is 45.4 Å². The van der Waals surface area contributed by atoms with Crippen LogP contribution in [0.4, 0.5) is 0 Å². The average Bonchev–Trinajstić information content (AvgIpc) is 2.07. The third-order valence-electron chi connectivity index (χ3n) is 2.17. The summed E-state index contributed by atoms with van der Waals surface area (Å²) in [6.45, 7) is 3.40. The van der Waals surface area contributed by atoms with Gasteiger partial charge in [-0.1, -0.05) is 19.4 Å². The van der Waals surface area contributed by atoms with Gasteiger partial charge in [0.2, 0.25) is 0 Å². The maximum absolute atomic E-state index is 3.48. The van der Waals surface area contributed by atoms with Gasteiger partial charge in [0.05, 0.1) is 0 Å². The monoisotopic (exact) mass is 153 g/mol. The highest BCUT2D eigenvalue weighted by Gasteiger charge is 2.00. The van der Waals surface area contributed by atoms with Crippen molar-refractivity contribution in [3.63, 3.8) is 0 Å². The van der Waals surface area contributed by atoms with E-state index in [0.29, 0.717) is 0 Å². The average molecular weight is 153 g/mol. The van der Waals surface area contributed by atoms with E-state index in [1.807, 2.05) is 0 Å². The van der Waals surface area contributed by atoms with Gasteiger partial charge in [-0.25, -0.2) is 0 Å². The highest BCUT2D eigenvalue weighted by atomic mass is 14.9. The van der Waals surface area contributed by atoms with Crippen LogP contribution in [0.2, 0.25) is 0 Å². The normalized spacial score (nSPS) is 17.7. The molecular weight excluding hydrogens is 134 g/mol. The molecule has 1 N–H and O–H groups in total. The lowest BCUT2D eigenvalue weighted by Gasteiger charge is -2.14. The van der Waals surface area contributed by atoms with E-state index in [0.717, 1.165) is 0 Å². The molecule has 1 rings (SSSR count). The smallest absolute Gasteiger partial charge is 0.0143 e. The van der Waals surface area contributed by atoms with E-state index in [1.165, 1.54) is 50.8 Å². The van der Waals surface area contributed by atoms with Gasteiger partial charge in [-0.05, 0) is 32.1 Å². The van der Waals surface area contributed by atoms with Gasteiger partial charge in [-0.2, -0.15) is 0 Å². The molecule has 0 aromatic heterocycles. The van der Waals surface area contributed by atoms with E-state index in [9.17, 15) is 0 Å². The largest absolute Gasteiger partial charge is 0.389 e. The number of hydrogen-bond donors (Lipinski definition) is 1. The first-order chi connectivity index (χ1) is 5.43. The van der Waals surface area contributed by atoms with Crippen LogP contribution in [0.3, 0.4) is 0 Å². The molecule has 1 aliphatic carbocycles. The Morgan fingerprint density at radius 3 is 3.00 bits per heavy atom. The van der Waals surface area contributed by atoms with Gasteiger partial charge in [0.25, 0.3) is 0 Å². The van der Waals surface area contributed by atoms with E-state index >= 15 is 0 Å². The number of nitrogens with one attached hydrogen (secondary N) is 1. The second-order valence-corrected chi connectivity index (χ2v) is 3.26. The van der Waals surface area contributed by atoms with Gasteiger partial charge in [0.1, 0.15) is 0 Å². The summed E-state index contributed by atoms with van der Waals surface area (Å²) in [5.74, 6) is 0. The molecule has 1 aliphatic rings. The molecule has 0 aliphatic heterocycles. The summed E-state index contributed by atoms with van der Waals surface area (Å²) in [6.07, 6.45) is 10.3. The van der Waals surface area contributed by atoms with Gasteiger partial charge >= 0.3 is 0 Å². The number of hydrogen-bond acceptors (Lipinski definition) is 1. The molecule has 0 spiro atoms. The highest BCUT2D eigenvalue weighted by Crippen LogP contribution is 2.14. The molecule has 0 fully saturated rings. The lowest BCUT2D eigenvalue weighted by molar-refractivity contribution is 0.622. The van der Waals surface area contributed by atoms with E-state index in [2.05, 4.69) is 18.3 Å². The van der Waals surface area contributed by atoms with Gasteiger partial charge < -0.3 is 5.32 Å². The molecule has 0 saturated carbocycles. The first-order valence-electron chi connectivity index (χ1n) is 4.86. The zero-order valence-electron chi connectivity index (χ0n) is 7.53. The molecule has 1 nitrogen and oxygen atoms in total. The van der Waals surface area contributed by atoms with Gasteiger partial charge in [-0.3, -0.25) is 0 Å². The van der Waals surface area contributed by atoms with E-state index in [4.69, 9.17) is 0 Å². The lowest BCUT2D eigenvalue weighted by atomic mass is 10.0. The molecule has 0 saturated heterocycles. The molecule has 0 atom stereocenters. The lowest BCUT2D eigenvalue weighted by Crippen LogP contribution is -2.15. The fraction of sp³-hybridized carbons (Fsp3) is 0.800. The highest BCUT2D eigenvalue weighted by molar-refractivity contribution is 5.02. The van der Waals surface area contributed by atoms with E-state index < -0.39 is 0 Å². The Morgan fingerprint density at radius 1 is 1.45 bits per heavy atom. The van der Waals surface area contributed by atoms with Crippen LogP contribution in [-0.4, -0.2) is 6.54 Å². The molecule has 11 heavy (non-hydrogen) atoms. The Bertz CT molecular complexity index is 127. The van der Waals surface area contributed by atoms with Crippen LogP contribution in [0, 0.1) is 0 Å². The summed E-state index contributed by atoms with van der Waals surface area (Å²) in [5, 5.41) is 3.48. The topological polar surface area (TPSA) is 12.0 Å². The van der Waals surface area contributed by atoms with Crippen LogP contribution in [-0.2, 0) is 0 Å². The Morgan fingerprint density at radius 2 is 2.36 bits per heavy atom. The first-order valence-corrected chi connectivity index (χ1v) is 4.86. The van der Waals surface area contributed by atoms with Crippen LogP contribution in [0.25, 0.3) is 0 Å². The van der Waals surface area contributed by atoms with Crippen LogP contribution in [0.5, 0.6) is 0 Å². The molecule has 0 amide bonds. The number of allylic oxidation sites excluding steroid dienone is 2. The third kappa shape index (κ3) is 3.45. The van der Waals surface area contributed by atoms with E-state index in [-0.39, 0.29) is 0 Å². The molecule has 0 bridgehead atoms. The third-order valence-corrected chi connectivity index (χ3v) is 2.17. The predicted octanol–water partition coefficient (Wildman–Crippen LogP) is 2.83. The zero-order valence-corrected chi connectivity index (χ0v) is 7.53. The van der Waals surface area contributed by atoms with Crippen molar-refractivity contribution in [3.8, 4) is 0 Å². The van der Waals surface area contributed by atoms with Crippen molar-refractivity contribution in [2.24, 2.45) is 0 Å². The van der Waals surface area contributed by atoms with Gasteiger partial charge in [-0.15, -0.1) is 0 Å². The molecule has 0 aromatic rings. The van der Waals surface area contributed by atoms with Crippen LogP contribution >= 0.6 is 0 Å². The fourth-order valence-corrected chi connectivity index (χ4v) is 1.42. The Labute approximate surface area is 69.9 Å². The fourth-order valence-electron chi connectivity index (χ4n) is 1.42. The maximum atomic E-state index is 3.48. The Hall–Kier alpha value is -0.460. The predicted molar refractivity (Wildman–Crippen MR) is 49.5 cm³/mol. The quantitative estimate of drug-likeness (QED) is 0.612. The maximum Gasteiger partial charge on any atom is 0.0143 e. The van der Waals surface area contributed by atoms with Crippen molar-refractivity contribution >= 4 is 0 Å². The molecule has 0 unspecified atom stereocenters. The Balaban J connectivity index is 2.09. The summed E-state index contributed by atoms with van der Waals surface area (Å²) in [5.41, 5.74) is 1.49. The van der Waals surface area contributed by atoms with Crippen molar-refractivity contribution < 1.29 is 0 Å². The second-order valence-electron chi connectivity index (χ2n) is 3.26. The summed E-state index contributed by atoms with van der Waals surface area (Å²) in [7, 11) is 0. The zero-order chi connectivity index (χ0) is 7.94. The standard InChI is InChI=1S/C10H19N/c1-2-3-9-11-10-7-5-4-6-8-10/h7,11H,2-6,8-9H2,1H3.